The number of hydrogen-bond acceptors (Lipinski definition) is 3. The number of nitrogens with zero attached hydrogens (tertiary/aromatic N) is 2. The van der Waals surface area contributed by atoms with Crippen molar-refractivity contribution in [2.45, 2.75) is 71.0 Å². The van der Waals surface area contributed by atoms with Gasteiger partial charge in [0.25, 0.3) is 0 Å². The summed E-state index contributed by atoms with van der Waals surface area (Å²) in [4.78, 5) is 6.85. The Morgan fingerprint density at radius 2 is 1.95 bits per heavy atom. The molecule has 0 atom stereocenters. The van der Waals surface area contributed by atoms with Gasteiger partial charge in [0.05, 0.1) is 5.02 Å². The topological polar surface area (TPSA) is 28.2 Å². The highest BCUT2D eigenvalue weighted by Gasteiger charge is 2.20. The van der Waals surface area contributed by atoms with Crippen molar-refractivity contribution in [2.24, 2.45) is 0 Å². The van der Waals surface area contributed by atoms with E-state index in [1.54, 1.807) is 6.20 Å². The molecule has 1 aliphatic carbocycles. The predicted octanol–water partition coefficient (Wildman–Crippen LogP) is 4.39. The summed E-state index contributed by atoms with van der Waals surface area (Å²) in [5.74, 6) is 1.04. The molecule has 1 aromatic rings. The van der Waals surface area contributed by atoms with Gasteiger partial charge in [-0.25, -0.2) is 4.98 Å². The average molecular weight is 310 g/mol. The summed E-state index contributed by atoms with van der Waals surface area (Å²) >= 11 is 6.29. The van der Waals surface area contributed by atoms with Gasteiger partial charge in [0, 0.05) is 31.4 Å². The molecule has 4 heteroatoms. The fourth-order valence-corrected chi connectivity index (χ4v) is 2.98. The second-order valence-corrected chi connectivity index (χ2v) is 7.55. The molecule has 2 rings (SSSR count). The third-order valence-electron chi connectivity index (χ3n) is 4.21. The fraction of sp³-hybridized carbons (Fsp3) is 0.706. The molecule has 3 nitrogen and oxygen atoms in total. The third kappa shape index (κ3) is 4.86. The van der Waals surface area contributed by atoms with Crippen LogP contribution in [0.25, 0.3) is 0 Å². The molecular formula is C17H28ClN3. The molecule has 0 unspecified atom stereocenters. The van der Waals surface area contributed by atoms with Crippen LogP contribution in [0.15, 0.2) is 12.3 Å². The van der Waals surface area contributed by atoms with Gasteiger partial charge < -0.3 is 10.2 Å². The molecule has 1 aliphatic rings. The number of nitrogens with one attached hydrogen (secondary N) is 1. The van der Waals surface area contributed by atoms with Gasteiger partial charge in [-0.2, -0.15) is 0 Å². The van der Waals surface area contributed by atoms with Crippen LogP contribution in [-0.2, 0) is 6.54 Å². The van der Waals surface area contributed by atoms with E-state index in [-0.39, 0.29) is 5.54 Å². The van der Waals surface area contributed by atoms with Gasteiger partial charge in [0.15, 0.2) is 0 Å². The van der Waals surface area contributed by atoms with Crippen LogP contribution >= 0.6 is 11.6 Å². The lowest BCUT2D eigenvalue weighted by atomic mass is 9.94. The lowest BCUT2D eigenvalue weighted by Crippen LogP contribution is -2.36. The Morgan fingerprint density at radius 1 is 1.29 bits per heavy atom. The van der Waals surface area contributed by atoms with Crippen LogP contribution in [0, 0.1) is 0 Å². The van der Waals surface area contributed by atoms with E-state index in [0.717, 1.165) is 22.9 Å². The first kappa shape index (κ1) is 16.6. The molecule has 0 amide bonds. The molecule has 0 saturated heterocycles. The lowest BCUT2D eigenvalue weighted by Gasteiger charge is -2.32. The molecule has 0 radical (unpaired) electrons. The minimum Gasteiger partial charge on any atom is -0.357 e. The van der Waals surface area contributed by atoms with E-state index < -0.39 is 0 Å². The van der Waals surface area contributed by atoms with Gasteiger partial charge in [-0.05, 0) is 45.2 Å². The van der Waals surface area contributed by atoms with E-state index in [4.69, 9.17) is 11.6 Å². The normalized spacial score (nSPS) is 17.0. The monoisotopic (exact) mass is 309 g/mol. The van der Waals surface area contributed by atoms with Gasteiger partial charge in [-0.1, -0.05) is 30.9 Å². The van der Waals surface area contributed by atoms with Crippen molar-refractivity contribution in [1.82, 2.24) is 10.3 Å². The zero-order valence-corrected chi connectivity index (χ0v) is 14.5. The van der Waals surface area contributed by atoms with E-state index >= 15 is 0 Å². The summed E-state index contributed by atoms with van der Waals surface area (Å²) in [6.07, 6.45) is 8.38. The average Bonchev–Trinajstić information content (AvgIpc) is 2.46. The third-order valence-corrected chi connectivity index (χ3v) is 4.55. The van der Waals surface area contributed by atoms with Crippen molar-refractivity contribution < 1.29 is 0 Å². The maximum atomic E-state index is 6.29. The summed E-state index contributed by atoms with van der Waals surface area (Å²) in [5.41, 5.74) is 1.21. The van der Waals surface area contributed by atoms with Gasteiger partial charge >= 0.3 is 0 Å². The first-order chi connectivity index (χ1) is 9.87. The van der Waals surface area contributed by atoms with Crippen molar-refractivity contribution in [2.75, 3.05) is 11.9 Å². The molecule has 1 N–H and O–H groups in total. The smallest absolute Gasteiger partial charge is 0.128 e. The first-order valence-electron chi connectivity index (χ1n) is 7.99. The zero-order valence-electron chi connectivity index (χ0n) is 13.7. The summed E-state index contributed by atoms with van der Waals surface area (Å²) in [7, 11) is 2.16. The zero-order chi connectivity index (χ0) is 15.5. The second kappa shape index (κ2) is 6.97. The number of pyridine rings is 1. The van der Waals surface area contributed by atoms with E-state index in [9.17, 15) is 0 Å². The number of hydrogen-bond donors (Lipinski definition) is 1. The molecule has 1 saturated carbocycles. The van der Waals surface area contributed by atoms with Crippen LogP contribution in [0.2, 0.25) is 5.02 Å². The van der Waals surface area contributed by atoms with Gasteiger partial charge in [0.2, 0.25) is 0 Å². The lowest BCUT2D eigenvalue weighted by molar-refractivity contribution is 0.422. The summed E-state index contributed by atoms with van der Waals surface area (Å²) in [5, 5.41) is 4.24. The highest BCUT2D eigenvalue weighted by molar-refractivity contribution is 6.31. The molecule has 0 aromatic carbocycles. The molecule has 0 bridgehead atoms. The van der Waals surface area contributed by atoms with Crippen molar-refractivity contribution in [3.05, 3.63) is 22.8 Å². The Balaban J connectivity index is 2.09. The van der Waals surface area contributed by atoms with Crippen molar-refractivity contribution in [3.8, 4) is 0 Å². The van der Waals surface area contributed by atoms with Crippen LogP contribution in [0.4, 0.5) is 5.82 Å². The number of anilines is 1. The maximum Gasteiger partial charge on any atom is 0.128 e. The number of aromatic nitrogens is 1. The Kier molecular flexibility index (Phi) is 5.50. The van der Waals surface area contributed by atoms with E-state index in [1.807, 2.05) is 0 Å². The Hall–Kier alpha value is -0.800. The number of rotatable bonds is 4. The SMILES string of the molecule is CN(c1cc(CNC(C)(C)C)c(Cl)cn1)C1CCCCC1. The van der Waals surface area contributed by atoms with Crippen LogP contribution in [0.5, 0.6) is 0 Å². The quantitative estimate of drug-likeness (QED) is 0.894. The molecule has 0 spiro atoms. The molecule has 1 aromatic heterocycles. The predicted molar refractivity (Wildman–Crippen MR) is 91.1 cm³/mol. The van der Waals surface area contributed by atoms with E-state index in [2.05, 4.69) is 49.1 Å². The highest BCUT2D eigenvalue weighted by Crippen LogP contribution is 2.27. The largest absolute Gasteiger partial charge is 0.357 e. The standard InChI is InChI=1S/C17H28ClN3/c1-17(2,3)20-11-13-10-16(19-12-15(13)18)21(4)14-8-6-5-7-9-14/h10,12,14,20H,5-9,11H2,1-4H3. The molecular weight excluding hydrogens is 282 g/mol. The summed E-state index contributed by atoms with van der Waals surface area (Å²) < 4.78 is 0. The Bertz CT molecular complexity index is 462. The molecule has 21 heavy (non-hydrogen) atoms. The second-order valence-electron chi connectivity index (χ2n) is 7.14. The Labute approximate surface area is 134 Å². The maximum absolute atomic E-state index is 6.29. The minimum absolute atomic E-state index is 0.0854. The van der Waals surface area contributed by atoms with Crippen LogP contribution in [0.1, 0.15) is 58.4 Å². The molecule has 0 aliphatic heterocycles. The van der Waals surface area contributed by atoms with Gasteiger partial charge in [0.1, 0.15) is 5.82 Å². The first-order valence-corrected chi connectivity index (χ1v) is 8.37. The summed E-state index contributed by atoms with van der Waals surface area (Å²) in [6, 6.07) is 2.76. The van der Waals surface area contributed by atoms with Gasteiger partial charge in [-0.3, -0.25) is 0 Å². The highest BCUT2D eigenvalue weighted by atomic mass is 35.5. The van der Waals surface area contributed by atoms with Crippen LogP contribution < -0.4 is 10.2 Å². The van der Waals surface area contributed by atoms with Crippen LogP contribution in [-0.4, -0.2) is 23.6 Å². The molecule has 1 fully saturated rings. The fourth-order valence-electron chi connectivity index (χ4n) is 2.81. The van der Waals surface area contributed by atoms with E-state index in [0.29, 0.717) is 6.04 Å². The molecule has 118 valence electrons. The molecule has 1 heterocycles. The van der Waals surface area contributed by atoms with Crippen molar-refractivity contribution in [3.63, 3.8) is 0 Å². The van der Waals surface area contributed by atoms with Crippen LogP contribution in [0.3, 0.4) is 0 Å². The van der Waals surface area contributed by atoms with E-state index in [1.165, 1.54) is 32.1 Å². The minimum atomic E-state index is 0.0854. The van der Waals surface area contributed by atoms with Crippen molar-refractivity contribution >= 4 is 17.4 Å². The van der Waals surface area contributed by atoms with Crippen molar-refractivity contribution in [1.29, 1.82) is 0 Å². The number of halogens is 1. The van der Waals surface area contributed by atoms with Gasteiger partial charge in [-0.15, -0.1) is 0 Å². The summed E-state index contributed by atoms with van der Waals surface area (Å²) in [6.45, 7) is 7.27. The Morgan fingerprint density at radius 3 is 2.57 bits per heavy atom.